The molecule has 0 spiro atoms. The average molecular weight is 377 g/mol. The fourth-order valence-corrected chi connectivity index (χ4v) is 2.62. The summed E-state index contributed by atoms with van der Waals surface area (Å²) in [6.07, 6.45) is 0. The number of ether oxygens (including phenoxy) is 1. The van der Waals surface area contributed by atoms with Gasteiger partial charge in [0.2, 0.25) is 5.95 Å². The summed E-state index contributed by atoms with van der Waals surface area (Å²) >= 11 is 0. The summed E-state index contributed by atoms with van der Waals surface area (Å²) in [5, 5.41) is 9.24. The lowest BCUT2D eigenvalue weighted by atomic mass is 10.2. The van der Waals surface area contributed by atoms with Gasteiger partial charge in [-0.25, -0.2) is 4.98 Å². The van der Waals surface area contributed by atoms with Crippen molar-refractivity contribution in [1.29, 1.82) is 0 Å². The molecule has 0 radical (unpaired) electrons. The molecule has 28 heavy (non-hydrogen) atoms. The zero-order valence-corrected chi connectivity index (χ0v) is 16.1. The van der Waals surface area contributed by atoms with Crippen LogP contribution in [-0.4, -0.2) is 29.5 Å². The number of carbonyl (C=O) groups excluding carboxylic acids is 1. The number of methoxy groups -OCH3 is 1. The Morgan fingerprint density at radius 2 is 1.79 bits per heavy atom. The van der Waals surface area contributed by atoms with Crippen LogP contribution in [0.4, 0.5) is 23.1 Å². The summed E-state index contributed by atoms with van der Waals surface area (Å²) in [4.78, 5) is 21.2. The second kappa shape index (κ2) is 8.85. The van der Waals surface area contributed by atoms with Gasteiger partial charge < -0.3 is 20.7 Å². The predicted molar refractivity (Wildman–Crippen MR) is 112 cm³/mol. The van der Waals surface area contributed by atoms with E-state index in [0.717, 1.165) is 17.9 Å². The van der Waals surface area contributed by atoms with E-state index in [0.29, 0.717) is 28.8 Å². The van der Waals surface area contributed by atoms with E-state index >= 15 is 0 Å². The van der Waals surface area contributed by atoms with Crippen molar-refractivity contribution in [2.75, 3.05) is 29.6 Å². The van der Waals surface area contributed by atoms with Crippen LogP contribution < -0.4 is 20.7 Å². The van der Waals surface area contributed by atoms with Crippen molar-refractivity contribution in [1.82, 2.24) is 9.97 Å². The van der Waals surface area contributed by atoms with Gasteiger partial charge in [0, 0.05) is 35.2 Å². The first-order valence-corrected chi connectivity index (χ1v) is 8.99. The highest BCUT2D eigenvalue weighted by molar-refractivity contribution is 6.04. The van der Waals surface area contributed by atoms with Crippen LogP contribution in [0, 0.1) is 6.92 Å². The molecule has 3 rings (SSSR count). The normalized spacial score (nSPS) is 10.2. The third kappa shape index (κ3) is 4.97. The molecular weight excluding hydrogens is 354 g/mol. The van der Waals surface area contributed by atoms with Crippen molar-refractivity contribution < 1.29 is 9.53 Å². The molecule has 0 aliphatic carbocycles. The van der Waals surface area contributed by atoms with Crippen LogP contribution in [0.2, 0.25) is 0 Å². The number of hydrogen-bond acceptors (Lipinski definition) is 6. The highest BCUT2D eigenvalue weighted by Gasteiger charge is 2.08. The van der Waals surface area contributed by atoms with Gasteiger partial charge in [0.1, 0.15) is 11.6 Å². The first-order valence-electron chi connectivity index (χ1n) is 8.99. The number of anilines is 4. The van der Waals surface area contributed by atoms with E-state index in [4.69, 9.17) is 4.74 Å². The van der Waals surface area contributed by atoms with Gasteiger partial charge in [-0.3, -0.25) is 4.79 Å². The number of amides is 1. The molecule has 0 fully saturated rings. The summed E-state index contributed by atoms with van der Waals surface area (Å²) in [7, 11) is 1.57. The third-order valence-corrected chi connectivity index (χ3v) is 3.94. The summed E-state index contributed by atoms with van der Waals surface area (Å²) < 4.78 is 5.16. The number of hydrogen-bond donors (Lipinski definition) is 3. The number of nitrogens with one attached hydrogen (secondary N) is 3. The molecule has 144 valence electrons. The van der Waals surface area contributed by atoms with Crippen LogP contribution in [0.25, 0.3) is 0 Å². The molecule has 3 aromatic rings. The smallest absolute Gasteiger partial charge is 0.255 e. The monoisotopic (exact) mass is 377 g/mol. The number of nitrogens with zero attached hydrogens (tertiary/aromatic N) is 2. The molecular formula is C21H23N5O2. The molecule has 0 saturated carbocycles. The lowest BCUT2D eigenvalue weighted by molar-refractivity contribution is 0.102. The van der Waals surface area contributed by atoms with E-state index < -0.39 is 0 Å². The zero-order chi connectivity index (χ0) is 19.9. The Bertz CT molecular complexity index is 957. The number of aromatic nitrogens is 2. The second-order valence-corrected chi connectivity index (χ2v) is 6.14. The standard InChI is InChI=1S/C21H23N5O2/c1-4-22-21-23-14(2)12-19(26-21)24-16-8-10-17(11-9-16)25-20(27)15-6-5-7-18(13-15)28-3/h5-13H,4H2,1-3H3,(H,25,27)(H2,22,23,24,26). The van der Waals surface area contributed by atoms with Crippen LogP contribution in [-0.2, 0) is 0 Å². The number of benzene rings is 2. The van der Waals surface area contributed by atoms with Crippen LogP contribution in [0.3, 0.4) is 0 Å². The number of aryl methyl sites for hydroxylation is 1. The van der Waals surface area contributed by atoms with E-state index in [9.17, 15) is 4.79 Å². The Balaban J connectivity index is 1.67. The Morgan fingerprint density at radius 3 is 2.50 bits per heavy atom. The summed E-state index contributed by atoms with van der Waals surface area (Å²) in [6, 6.07) is 16.3. The lowest BCUT2D eigenvalue weighted by Crippen LogP contribution is -2.11. The van der Waals surface area contributed by atoms with Crippen molar-refractivity contribution in [2.45, 2.75) is 13.8 Å². The van der Waals surface area contributed by atoms with E-state index in [1.54, 1.807) is 31.4 Å². The molecule has 0 aliphatic heterocycles. The predicted octanol–water partition coefficient (Wildman–Crippen LogP) is 4.22. The van der Waals surface area contributed by atoms with Crippen LogP contribution in [0.15, 0.2) is 54.6 Å². The molecule has 0 atom stereocenters. The van der Waals surface area contributed by atoms with Gasteiger partial charge in [0.25, 0.3) is 5.91 Å². The maximum absolute atomic E-state index is 12.4. The van der Waals surface area contributed by atoms with E-state index in [1.807, 2.05) is 44.2 Å². The van der Waals surface area contributed by atoms with Crippen molar-refractivity contribution in [3.05, 3.63) is 65.9 Å². The molecule has 0 bridgehead atoms. The van der Waals surface area contributed by atoms with Crippen molar-refractivity contribution >= 4 is 29.0 Å². The summed E-state index contributed by atoms with van der Waals surface area (Å²) in [6.45, 7) is 4.67. The SMILES string of the molecule is CCNc1nc(C)cc(Nc2ccc(NC(=O)c3cccc(OC)c3)cc2)n1. The van der Waals surface area contributed by atoms with Crippen LogP contribution in [0.1, 0.15) is 23.0 Å². The molecule has 1 amide bonds. The van der Waals surface area contributed by atoms with Gasteiger partial charge >= 0.3 is 0 Å². The summed E-state index contributed by atoms with van der Waals surface area (Å²) in [5.41, 5.74) is 2.97. The molecule has 7 heteroatoms. The lowest BCUT2D eigenvalue weighted by Gasteiger charge is -2.10. The van der Waals surface area contributed by atoms with E-state index in [1.165, 1.54) is 0 Å². The minimum absolute atomic E-state index is 0.193. The fraction of sp³-hybridized carbons (Fsp3) is 0.190. The highest BCUT2D eigenvalue weighted by Crippen LogP contribution is 2.20. The van der Waals surface area contributed by atoms with Gasteiger partial charge in [0.05, 0.1) is 7.11 Å². The Morgan fingerprint density at radius 1 is 1.04 bits per heavy atom. The summed E-state index contributed by atoms with van der Waals surface area (Å²) in [5.74, 6) is 1.74. The zero-order valence-electron chi connectivity index (χ0n) is 16.1. The minimum Gasteiger partial charge on any atom is -0.497 e. The van der Waals surface area contributed by atoms with Crippen LogP contribution in [0.5, 0.6) is 5.75 Å². The quantitative estimate of drug-likeness (QED) is 0.571. The molecule has 1 aromatic heterocycles. The van der Waals surface area contributed by atoms with E-state index in [-0.39, 0.29) is 5.91 Å². The molecule has 0 saturated heterocycles. The van der Waals surface area contributed by atoms with Gasteiger partial charge in [-0.15, -0.1) is 0 Å². The third-order valence-electron chi connectivity index (χ3n) is 3.94. The van der Waals surface area contributed by atoms with Crippen molar-refractivity contribution in [3.63, 3.8) is 0 Å². The maximum Gasteiger partial charge on any atom is 0.255 e. The Hall–Kier alpha value is -3.61. The molecule has 0 unspecified atom stereocenters. The maximum atomic E-state index is 12.4. The first kappa shape index (κ1) is 19.2. The average Bonchev–Trinajstić information content (AvgIpc) is 2.69. The Kier molecular flexibility index (Phi) is 6.06. The molecule has 0 aliphatic rings. The van der Waals surface area contributed by atoms with Gasteiger partial charge in [0.15, 0.2) is 0 Å². The molecule has 1 heterocycles. The van der Waals surface area contributed by atoms with Gasteiger partial charge in [-0.05, 0) is 56.3 Å². The van der Waals surface area contributed by atoms with Crippen LogP contribution >= 0.6 is 0 Å². The molecule has 7 nitrogen and oxygen atoms in total. The molecule has 3 N–H and O–H groups in total. The second-order valence-electron chi connectivity index (χ2n) is 6.14. The topological polar surface area (TPSA) is 88.2 Å². The van der Waals surface area contributed by atoms with Crippen molar-refractivity contribution in [2.24, 2.45) is 0 Å². The fourth-order valence-electron chi connectivity index (χ4n) is 2.62. The largest absolute Gasteiger partial charge is 0.497 e. The number of rotatable bonds is 7. The van der Waals surface area contributed by atoms with E-state index in [2.05, 4.69) is 25.9 Å². The minimum atomic E-state index is -0.193. The first-order chi connectivity index (χ1) is 13.6. The van der Waals surface area contributed by atoms with Crippen molar-refractivity contribution in [3.8, 4) is 5.75 Å². The van der Waals surface area contributed by atoms with Gasteiger partial charge in [-0.1, -0.05) is 6.07 Å². The highest BCUT2D eigenvalue weighted by atomic mass is 16.5. The Labute approximate surface area is 164 Å². The molecule has 2 aromatic carbocycles. The number of carbonyl (C=O) groups is 1. The van der Waals surface area contributed by atoms with Gasteiger partial charge in [-0.2, -0.15) is 4.98 Å².